The summed E-state index contributed by atoms with van der Waals surface area (Å²) in [4.78, 5) is 6.52. The number of halogens is 1. The summed E-state index contributed by atoms with van der Waals surface area (Å²) in [6, 6.07) is 9.77. The number of hydrogen-bond donors (Lipinski definition) is 1. The normalized spacial score (nSPS) is 15.8. The van der Waals surface area contributed by atoms with Gasteiger partial charge in [0.2, 0.25) is 0 Å². The van der Waals surface area contributed by atoms with Crippen LogP contribution in [-0.2, 0) is 0 Å². The molecule has 1 saturated heterocycles. The smallest absolute Gasteiger partial charge is 0.191 e. The van der Waals surface area contributed by atoms with Crippen molar-refractivity contribution in [1.29, 1.82) is 0 Å². The highest BCUT2D eigenvalue weighted by molar-refractivity contribution is 14.0. The molecular formula is C14H22IN3O. The van der Waals surface area contributed by atoms with Gasteiger partial charge in [-0.1, -0.05) is 18.2 Å². The summed E-state index contributed by atoms with van der Waals surface area (Å²) in [5, 5.41) is 0. The second kappa shape index (κ2) is 9.01. The number of likely N-dealkylation sites (tertiary alicyclic amines) is 1. The average Bonchev–Trinajstić information content (AvgIpc) is 2.45. The van der Waals surface area contributed by atoms with Gasteiger partial charge in [0.25, 0.3) is 0 Å². The Morgan fingerprint density at radius 1 is 1.16 bits per heavy atom. The molecule has 0 bridgehead atoms. The van der Waals surface area contributed by atoms with Gasteiger partial charge in [-0.05, 0) is 31.4 Å². The van der Waals surface area contributed by atoms with E-state index in [1.807, 2.05) is 30.3 Å². The van der Waals surface area contributed by atoms with E-state index in [0.29, 0.717) is 19.1 Å². The Morgan fingerprint density at radius 2 is 1.84 bits per heavy atom. The van der Waals surface area contributed by atoms with Gasteiger partial charge in [-0.2, -0.15) is 0 Å². The molecule has 0 spiro atoms. The summed E-state index contributed by atoms with van der Waals surface area (Å²) in [5.74, 6) is 1.54. The fourth-order valence-electron chi connectivity index (χ4n) is 2.06. The van der Waals surface area contributed by atoms with E-state index in [-0.39, 0.29) is 24.0 Å². The van der Waals surface area contributed by atoms with Crippen LogP contribution < -0.4 is 10.5 Å². The largest absolute Gasteiger partial charge is 0.492 e. The number of nitrogens with zero attached hydrogens (tertiary/aromatic N) is 2. The molecule has 4 nitrogen and oxygen atoms in total. The Morgan fingerprint density at radius 3 is 2.53 bits per heavy atom. The summed E-state index contributed by atoms with van der Waals surface area (Å²) in [6.07, 6.45) is 3.74. The van der Waals surface area contributed by atoms with E-state index in [1.54, 1.807) is 0 Å². The first kappa shape index (κ1) is 16.1. The second-order valence-corrected chi connectivity index (χ2v) is 4.45. The fourth-order valence-corrected chi connectivity index (χ4v) is 2.06. The van der Waals surface area contributed by atoms with E-state index in [9.17, 15) is 0 Å². The topological polar surface area (TPSA) is 50.9 Å². The molecule has 0 saturated carbocycles. The highest BCUT2D eigenvalue weighted by Crippen LogP contribution is 2.09. The van der Waals surface area contributed by atoms with Gasteiger partial charge in [0.05, 0.1) is 6.54 Å². The number of aliphatic imine (C=N–C) groups is 1. The first-order valence-electron chi connectivity index (χ1n) is 6.59. The molecule has 1 fully saturated rings. The summed E-state index contributed by atoms with van der Waals surface area (Å²) in [7, 11) is 0. The van der Waals surface area contributed by atoms with Crippen molar-refractivity contribution in [3.8, 4) is 5.75 Å². The van der Waals surface area contributed by atoms with Gasteiger partial charge in [0, 0.05) is 13.1 Å². The van der Waals surface area contributed by atoms with E-state index >= 15 is 0 Å². The number of benzene rings is 1. The van der Waals surface area contributed by atoms with Crippen molar-refractivity contribution >= 4 is 29.9 Å². The van der Waals surface area contributed by atoms with Crippen LogP contribution >= 0.6 is 24.0 Å². The van der Waals surface area contributed by atoms with E-state index in [2.05, 4.69) is 9.89 Å². The molecule has 106 valence electrons. The molecule has 19 heavy (non-hydrogen) atoms. The van der Waals surface area contributed by atoms with Crippen molar-refractivity contribution < 1.29 is 4.74 Å². The lowest BCUT2D eigenvalue weighted by Crippen LogP contribution is -2.41. The molecule has 1 aliphatic heterocycles. The predicted octanol–water partition coefficient (Wildman–Crippen LogP) is 2.48. The molecule has 0 radical (unpaired) electrons. The van der Waals surface area contributed by atoms with Crippen LogP contribution in [0.3, 0.4) is 0 Å². The molecule has 2 rings (SSSR count). The van der Waals surface area contributed by atoms with Gasteiger partial charge >= 0.3 is 0 Å². The SMILES string of the molecule is I.NC(=NCCOc1ccccc1)N1CCCCC1. The minimum Gasteiger partial charge on any atom is -0.492 e. The third kappa shape index (κ3) is 5.67. The van der Waals surface area contributed by atoms with E-state index in [4.69, 9.17) is 10.5 Å². The molecule has 0 atom stereocenters. The molecule has 0 aromatic heterocycles. The lowest BCUT2D eigenvalue weighted by Gasteiger charge is -2.27. The first-order chi connectivity index (χ1) is 8.86. The van der Waals surface area contributed by atoms with Crippen LogP contribution in [0.15, 0.2) is 35.3 Å². The average molecular weight is 375 g/mol. The summed E-state index contributed by atoms with van der Waals surface area (Å²) in [5.41, 5.74) is 5.95. The number of rotatable bonds is 4. The molecule has 0 amide bonds. The van der Waals surface area contributed by atoms with Gasteiger partial charge in [0.15, 0.2) is 5.96 Å². The van der Waals surface area contributed by atoms with Crippen LogP contribution in [0.25, 0.3) is 0 Å². The Hall–Kier alpha value is -0.980. The molecule has 1 heterocycles. The van der Waals surface area contributed by atoms with Crippen molar-refractivity contribution in [3.05, 3.63) is 30.3 Å². The number of nitrogens with two attached hydrogens (primary N) is 1. The van der Waals surface area contributed by atoms with Gasteiger partial charge in [-0.15, -0.1) is 24.0 Å². The number of piperidine rings is 1. The number of para-hydroxylation sites is 1. The quantitative estimate of drug-likeness (QED) is 0.381. The van der Waals surface area contributed by atoms with Gasteiger partial charge < -0.3 is 15.4 Å². The van der Waals surface area contributed by atoms with Crippen molar-refractivity contribution in [2.45, 2.75) is 19.3 Å². The van der Waals surface area contributed by atoms with Crippen LogP contribution in [0, 0.1) is 0 Å². The minimum atomic E-state index is 0. The van der Waals surface area contributed by atoms with Crippen LogP contribution in [-0.4, -0.2) is 37.1 Å². The Bertz CT molecular complexity index is 378. The van der Waals surface area contributed by atoms with Gasteiger partial charge in [-0.3, -0.25) is 0 Å². The van der Waals surface area contributed by atoms with Crippen LogP contribution in [0.4, 0.5) is 0 Å². The number of guanidine groups is 1. The zero-order valence-corrected chi connectivity index (χ0v) is 13.5. The molecule has 1 aromatic rings. The van der Waals surface area contributed by atoms with E-state index < -0.39 is 0 Å². The standard InChI is InChI=1S/C14H21N3O.HI/c15-14(17-10-5-2-6-11-17)16-9-12-18-13-7-3-1-4-8-13;/h1,3-4,7-8H,2,5-6,9-12H2,(H2,15,16);1H. The highest BCUT2D eigenvalue weighted by atomic mass is 127. The first-order valence-corrected chi connectivity index (χ1v) is 6.59. The maximum atomic E-state index is 5.95. The molecule has 1 aliphatic rings. The van der Waals surface area contributed by atoms with Crippen molar-refractivity contribution in [3.63, 3.8) is 0 Å². The Balaban J connectivity index is 0.00000180. The summed E-state index contributed by atoms with van der Waals surface area (Å²) in [6.45, 7) is 3.25. The maximum absolute atomic E-state index is 5.95. The zero-order valence-electron chi connectivity index (χ0n) is 11.1. The van der Waals surface area contributed by atoms with Crippen molar-refractivity contribution in [2.24, 2.45) is 10.7 Å². The monoisotopic (exact) mass is 375 g/mol. The zero-order chi connectivity index (χ0) is 12.6. The van der Waals surface area contributed by atoms with Gasteiger partial charge in [0.1, 0.15) is 12.4 Å². The van der Waals surface area contributed by atoms with E-state index in [1.165, 1.54) is 19.3 Å². The van der Waals surface area contributed by atoms with Crippen LogP contribution in [0.1, 0.15) is 19.3 Å². The van der Waals surface area contributed by atoms with E-state index in [0.717, 1.165) is 18.8 Å². The molecule has 1 aromatic carbocycles. The lowest BCUT2D eigenvalue weighted by molar-refractivity contribution is 0.321. The van der Waals surface area contributed by atoms with Gasteiger partial charge in [-0.25, -0.2) is 4.99 Å². The van der Waals surface area contributed by atoms with Crippen molar-refractivity contribution in [1.82, 2.24) is 4.90 Å². The summed E-state index contributed by atoms with van der Waals surface area (Å²) >= 11 is 0. The number of ether oxygens (including phenoxy) is 1. The third-order valence-corrected chi connectivity index (χ3v) is 3.06. The predicted molar refractivity (Wildman–Crippen MR) is 89.3 cm³/mol. The highest BCUT2D eigenvalue weighted by Gasteiger charge is 2.11. The second-order valence-electron chi connectivity index (χ2n) is 4.45. The molecule has 0 unspecified atom stereocenters. The molecule has 2 N–H and O–H groups in total. The maximum Gasteiger partial charge on any atom is 0.191 e. The molecular weight excluding hydrogens is 353 g/mol. The number of hydrogen-bond acceptors (Lipinski definition) is 2. The Kier molecular flexibility index (Phi) is 7.62. The fraction of sp³-hybridized carbons (Fsp3) is 0.500. The molecule has 0 aliphatic carbocycles. The minimum absolute atomic E-state index is 0. The Labute approximate surface area is 132 Å². The summed E-state index contributed by atoms with van der Waals surface area (Å²) < 4.78 is 5.56. The van der Waals surface area contributed by atoms with Crippen LogP contribution in [0.5, 0.6) is 5.75 Å². The lowest BCUT2D eigenvalue weighted by atomic mass is 10.1. The molecule has 5 heteroatoms. The van der Waals surface area contributed by atoms with Crippen LogP contribution in [0.2, 0.25) is 0 Å². The third-order valence-electron chi connectivity index (χ3n) is 3.06. The van der Waals surface area contributed by atoms with Crippen molar-refractivity contribution in [2.75, 3.05) is 26.2 Å².